The van der Waals surface area contributed by atoms with E-state index < -0.39 is 173 Å². The van der Waals surface area contributed by atoms with Crippen molar-refractivity contribution >= 4 is 23.7 Å². The van der Waals surface area contributed by atoms with Crippen molar-refractivity contribution in [3.63, 3.8) is 0 Å². The van der Waals surface area contributed by atoms with E-state index in [0.29, 0.717) is 50.6 Å². The zero-order chi connectivity index (χ0) is 61.2. The van der Waals surface area contributed by atoms with E-state index in [1.807, 2.05) is 51.7 Å². The van der Waals surface area contributed by atoms with Gasteiger partial charge in [0.25, 0.3) is 0 Å². The lowest BCUT2D eigenvalue weighted by Gasteiger charge is -2.62. The number of aliphatic hydroxyl groups is 5. The minimum atomic E-state index is -2.16. The number of ketones is 1. The number of methoxy groups -OCH3 is 1. The van der Waals surface area contributed by atoms with Gasteiger partial charge < -0.3 is 73.2 Å². The molecule has 7 rings (SSSR count). The highest BCUT2D eigenvalue weighted by Crippen LogP contribution is 2.71. The van der Waals surface area contributed by atoms with Crippen molar-refractivity contribution in [2.45, 2.75) is 256 Å². The van der Waals surface area contributed by atoms with Gasteiger partial charge in [-0.05, 0) is 157 Å². The molecule has 3 heterocycles. The number of hydrogen-bond donors (Lipinski definition) is 5. The Kier molecular flexibility index (Phi) is 20.0. The molecule has 19 nitrogen and oxygen atoms in total. The Morgan fingerprint density at radius 2 is 1.57 bits per heavy atom. The third kappa shape index (κ3) is 11.8. The van der Waals surface area contributed by atoms with Crippen molar-refractivity contribution in [3.8, 4) is 0 Å². The van der Waals surface area contributed by atoms with Gasteiger partial charge in [0, 0.05) is 42.2 Å². The molecule has 0 aromatic carbocycles. The topological polar surface area (TPSA) is 250 Å². The maximum absolute atomic E-state index is 17.9. The number of fused-ring (bicyclic) bond motifs is 5. The van der Waals surface area contributed by atoms with Gasteiger partial charge >= 0.3 is 17.9 Å². The number of halogens is 1. The zero-order valence-corrected chi connectivity index (χ0v) is 52.0. The Bertz CT molecular complexity index is 2370. The molecular formula is C62H101FN2O17. The summed E-state index contributed by atoms with van der Waals surface area (Å²) in [5.41, 5.74) is -9.86. The first-order valence-corrected chi connectivity index (χ1v) is 30.2. The van der Waals surface area contributed by atoms with Crippen LogP contribution in [-0.4, -0.2) is 202 Å². The summed E-state index contributed by atoms with van der Waals surface area (Å²) in [5.74, 6) is -6.29. The van der Waals surface area contributed by atoms with Crippen molar-refractivity contribution in [1.82, 2.24) is 9.80 Å². The van der Waals surface area contributed by atoms with Crippen LogP contribution in [-0.2, 0) is 57.1 Å². The van der Waals surface area contributed by atoms with Crippen LogP contribution in [0.2, 0.25) is 0 Å². The van der Waals surface area contributed by atoms with E-state index in [1.165, 1.54) is 26.2 Å². The van der Waals surface area contributed by atoms with Crippen molar-refractivity contribution in [3.05, 3.63) is 23.8 Å². The molecule has 3 saturated carbocycles. The number of ether oxygens (including phenoxy) is 8. The van der Waals surface area contributed by atoms with E-state index in [-0.39, 0.29) is 31.1 Å². The van der Waals surface area contributed by atoms with Gasteiger partial charge in [0.1, 0.15) is 30.5 Å². The molecule has 3 saturated heterocycles. The Balaban J connectivity index is 1.15. The van der Waals surface area contributed by atoms with Crippen LogP contribution in [0.15, 0.2) is 23.8 Å². The summed E-state index contributed by atoms with van der Waals surface area (Å²) in [4.78, 5) is 59.6. The molecule has 6 fully saturated rings. The molecular weight excluding hydrogens is 1060 g/mol. The number of aliphatic hydroxyl groups excluding tert-OH is 3. The van der Waals surface area contributed by atoms with Gasteiger partial charge in [0.2, 0.25) is 0 Å². The monoisotopic (exact) mass is 1160 g/mol. The molecule has 7 aliphatic rings. The minimum Gasteiger partial charge on any atom is -0.463 e. The molecule has 4 unspecified atom stereocenters. The van der Waals surface area contributed by atoms with Crippen LogP contribution in [0, 0.1) is 45.8 Å². The number of esters is 3. The summed E-state index contributed by atoms with van der Waals surface area (Å²) in [7, 11) is 7.10. The number of alkyl halides is 1. The van der Waals surface area contributed by atoms with Gasteiger partial charge in [0.15, 0.2) is 35.7 Å². The van der Waals surface area contributed by atoms with Crippen LogP contribution in [0.1, 0.15) is 154 Å². The largest absolute Gasteiger partial charge is 0.463 e. The second-order valence-corrected chi connectivity index (χ2v) is 27.6. The van der Waals surface area contributed by atoms with Crippen LogP contribution in [0.5, 0.6) is 0 Å². The number of hydrogen-bond acceptors (Lipinski definition) is 19. The van der Waals surface area contributed by atoms with E-state index in [2.05, 4.69) is 13.8 Å². The van der Waals surface area contributed by atoms with E-state index in [4.69, 9.17) is 37.9 Å². The van der Waals surface area contributed by atoms with Crippen LogP contribution in [0.4, 0.5) is 4.39 Å². The lowest BCUT2D eigenvalue weighted by Crippen LogP contribution is -2.69. The highest BCUT2D eigenvalue weighted by atomic mass is 19.1. The smallest absolute Gasteiger partial charge is 0.338 e. The minimum absolute atomic E-state index is 0.0985. The number of rotatable bonds is 12. The average molecular weight is 1170 g/mol. The molecule has 0 aromatic heterocycles. The van der Waals surface area contributed by atoms with E-state index in [0.717, 1.165) is 0 Å². The molecule has 0 spiro atoms. The highest BCUT2D eigenvalue weighted by molar-refractivity contribution is 6.01. The van der Waals surface area contributed by atoms with Crippen LogP contribution < -0.4 is 0 Å². The molecule has 0 amide bonds. The summed E-state index contributed by atoms with van der Waals surface area (Å²) in [6, 6.07) is -0.981. The Morgan fingerprint density at radius 1 is 0.902 bits per heavy atom. The summed E-state index contributed by atoms with van der Waals surface area (Å²) in [6.45, 7) is 23.4. The third-order valence-electron chi connectivity index (χ3n) is 21.7. The second kappa shape index (κ2) is 24.6. The van der Waals surface area contributed by atoms with Gasteiger partial charge in [-0.15, -0.1) is 0 Å². The molecule has 24 atom stereocenters. The number of allylic oxidation sites excluding steroid dienone is 4. The third-order valence-corrected chi connectivity index (χ3v) is 21.7. The first kappa shape index (κ1) is 66.5. The second-order valence-electron chi connectivity index (χ2n) is 27.6. The fourth-order valence-corrected chi connectivity index (χ4v) is 16.1. The molecule has 3 aliphatic heterocycles. The molecule has 20 heteroatoms. The number of carbonyl (C=O) groups is 4. The summed E-state index contributed by atoms with van der Waals surface area (Å²) >= 11 is 0. The van der Waals surface area contributed by atoms with Crippen molar-refractivity contribution in [2.75, 3.05) is 41.4 Å². The van der Waals surface area contributed by atoms with Crippen molar-refractivity contribution in [1.29, 1.82) is 0 Å². The number of likely N-dealkylation sites (N-methyl/N-ethyl adjacent to an activating group) is 2. The molecule has 4 aliphatic carbocycles. The van der Waals surface area contributed by atoms with Crippen LogP contribution in [0.25, 0.3) is 0 Å². The van der Waals surface area contributed by atoms with Crippen molar-refractivity contribution < 1.29 is 87.0 Å². The molecule has 468 valence electrons. The fourth-order valence-electron chi connectivity index (χ4n) is 16.1. The summed E-state index contributed by atoms with van der Waals surface area (Å²) < 4.78 is 69.3. The van der Waals surface area contributed by atoms with Crippen LogP contribution >= 0.6 is 0 Å². The van der Waals surface area contributed by atoms with Gasteiger partial charge in [0.05, 0.1) is 54.5 Å². The Hall–Kier alpha value is -2.99. The molecule has 5 N–H and O–H groups in total. The molecule has 0 radical (unpaired) electrons. The average Bonchev–Trinajstić information content (AvgIpc) is 2.62. The van der Waals surface area contributed by atoms with E-state index >= 15 is 4.39 Å². The number of cyclic esters (lactones) is 1. The Morgan fingerprint density at radius 3 is 2.21 bits per heavy atom. The van der Waals surface area contributed by atoms with E-state index in [9.17, 15) is 44.7 Å². The highest BCUT2D eigenvalue weighted by Gasteiger charge is 2.76. The predicted octanol–water partition coefficient (Wildman–Crippen LogP) is 5.76. The van der Waals surface area contributed by atoms with Crippen molar-refractivity contribution in [2.24, 2.45) is 45.8 Å². The SMILES string of the molecule is CC[C@H]1OC(=O)[C@H](C)[C@@H](O[C@@H]2C[C@](C)(OC)[C@H](O)[C@@H](C)O2)[C@H](C)C(O[C@H]2O[C@@H](C)C[C@H](N(C)C)C2OC(=O)CCOC(=O)[C@@]2(O)[C@H](C)CC3C4CCC5=CC(=O)C=C[C@]5(C)[C@@]4(F)[C@@H](O)C[C@@]32C)C(C)(C)CCCN(C)[C@H](C)[C@H](O)[C@]1(C)O. The number of carbonyl (C=O) groups excluding carboxylic acids is 4. The quantitative estimate of drug-likeness (QED) is 0.115. The summed E-state index contributed by atoms with van der Waals surface area (Å²) in [6.07, 6.45) is -4.47. The predicted molar refractivity (Wildman–Crippen MR) is 300 cm³/mol. The maximum atomic E-state index is 17.9. The van der Waals surface area contributed by atoms with Gasteiger partial charge in [-0.2, -0.15) is 0 Å². The van der Waals surface area contributed by atoms with Gasteiger partial charge in [-0.1, -0.05) is 53.2 Å². The van der Waals surface area contributed by atoms with E-state index in [1.54, 1.807) is 54.5 Å². The Labute approximate surface area is 486 Å². The molecule has 82 heavy (non-hydrogen) atoms. The first-order valence-electron chi connectivity index (χ1n) is 30.2. The fraction of sp³-hybridized carbons (Fsp3) is 0.871. The lowest BCUT2D eigenvalue weighted by atomic mass is 9.45. The molecule has 0 aromatic rings. The first-order chi connectivity index (χ1) is 38.0. The number of nitrogens with zero attached hydrogens (tertiary/aromatic N) is 2. The van der Waals surface area contributed by atoms with Gasteiger partial charge in [-0.3, -0.25) is 14.4 Å². The van der Waals surface area contributed by atoms with Crippen LogP contribution in [0.3, 0.4) is 0 Å². The normalized spacial score (nSPS) is 47.7. The standard InChI is InChI=1S/C62H101FN2O17/c1-18-45-60(13,73)50(69)37(6)65(16)26-19-24-56(8,9)52(35(4)48(36(5)53(71)79-45)81-47-32-59(12,75-17)51(70)38(7)78-47)82-54-49(43(64(14)15)29-34(3)77-54)80-46(68)23-27-76-55(72)62(74)33(2)28-42-41-21-20-39-30-40(66)22-25-57(39,10)61(41,63)44(67)31-58(42,62)11/h22,25,30,33-38,41-45,47-52,54,67,69-70,73-74H,18-21,23-24,26-29,31-32H2,1-17H3/t33-,34+,35+,36-,37-,38-,41?,42?,43+,44+,45-,47-,48+,49?,50+,51-,52?,54-,57+,58+,59+,60-,61+,62+/m1/s1. The molecule has 0 bridgehead atoms. The van der Waals surface area contributed by atoms with Gasteiger partial charge in [-0.25, -0.2) is 9.18 Å². The summed E-state index contributed by atoms with van der Waals surface area (Å²) in [5, 5.41) is 59.3. The zero-order valence-electron chi connectivity index (χ0n) is 52.0. The lowest BCUT2D eigenvalue weighted by molar-refractivity contribution is -0.314. The maximum Gasteiger partial charge on any atom is 0.338 e.